The predicted octanol–water partition coefficient (Wildman–Crippen LogP) is 2.29. The minimum absolute atomic E-state index is 0.165. The van der Waals surface area contributed by atoms with Gasteiger partial charge in [-0.05, 0) is 72.6 Å². The van der Waals surface area contributed by atoms with Crippen molar-refractivity contribution in [1.29, 1.82) is 0 Å². The van der Waals surface area contributed by atoms with Gasteiger partial charge in [0.15, 0.2) is 5.96 Å². The summed E-state index contributed by atoms with van der Waals surface area (Å²) in [5.41, 5.74) is -1.07. The third kappa shape index (κ3) is 7.02. The molecule has 0 saturated heterocycles. The number of guanidine groups is 1. The Morgan fingerprint density at radius 2 is 1.73 bits per heavy atom. The number of carbonyl (C=O) groups is 1. The summed E-state index contributed by atoms with van der Waals surface area (Å²) in [7, 11) is 0. The summed E-state index contributed by atoms with van der Waals surface area (Å²) < 4.78 is 5.33. The van der Waals surface area contributed by atoms with Crippen molar-refractivity contribution in [3.63, 3.8) is 0 Å². The van der Waals surface area contributed by atoms with Crippen LogP contribution in [-0.4, -0.2) is 53.5 Å². The molecule has 1 amide bonds. The number of nitrogens with zero attached hydrogens (tertiary/aromatic N) is 1. The Morgan fingerprint density at radius 1 is 1.15 bits per heavy atom. The van der Waals surface area contributed by atoms with Crippen molar-refractivity contribution >= 4 is 12.1 Å². The molecule has 2 aliphatic rings. The number of hydrogen-bond donors (Lipinski definition) is 4. The molecular weight excluding hydrogens is 332 g/mol. The molecule has 0 radical (unpaired) electrons. The summed E-state index contributed by atoms with van der Waals surface area (Å²) >= 11 is 0. The topological polar surface area (TPSA) is 95.0 Å². The zero-order valence-corrected chi connectivity index (χ0v) is 16.7. The first-order valence-electron chi connectivity index (χ1n) is 9.96. The van der Waals surface area contributed by atoms with Gasteiger partial charge in [-0.2, -0.15) is 0 Å². The molecule has 2 saturated carbocycles. The molecule has 0 aromatic carbocycles. The van der Waals surface area contributed by atoms with Gasteiger partial charge in [-0.25, -0.2) is 4.79 Å². The third-order valence-electron chi connectivity index (χ3n) is 4.95. The van der Waals surface area contributed by atoms with Crippen LogP contribution in [0, 0.1) is 0 Å². The van der Waals surface area contributed by atoms with Crippen molar-refractivity contribution in [2.75, 3.05) is 13.1 Å². The van der Waals surface area contributed by atoms with E-state index in [4.69, 9.17) is 4.74 Å². The van der Waals surface area contributed by atoms with Gasteiger partial charge in [0.05, 0.1) is 12.1 Å². The molecule has 0 aromatic rings. The number of aliphatic imine (C=N–C) groups is 1. The zero-order valence-electron chi connectivity index (χ0n) is 16.7. The Kier molecular flexibility index (Phi) is 7.15. The summed E-state index contributed by atoms with van der Waals surface area (Å²) in [6, 6.07) is 0.499. The van der Waals surface area contributed by atoms with E-state index in [1.54, 1.807) is 0 Å². The Hall–Kier alpha value is -1.50. The van der Waals surface area contributed by atoms with Crippen LogP contribution in [0.2, 0.25) is 0 Å². The Balaban J connectivity index is 1.75. The minimum Gasteiger partial charge on any atom is -0.444 e. The average molecular weight is 369 g/mol. The highest BCUT2D eigenvalue weighted by Crippen LogP contribution is 2.31. The van der Waals surface area contributed by atoms with Crippen LogP contribution < -0.4 is 16.0 Å². The summed E-state index contributed by atoms with van der Waals surface area (Å²) in [6.07, 6.45) is 6.21. The van der Waals surface area contributed by atoms with Gasteiger partial charge in [-0.3, -0.25) is 4.99 Å². The number of carbonyl (C=O) groups excluding carboxylic acids is 1. The van der Waals surface area contributed by atoms with E-state index in [2.05, 4.69) is 20.9 Å². The number of alkyl carbamates (subject to hydrolysis) is 1. The molecule has 0 aromatic heterocycles. The van der Waals surface area contributed by atoms with Crippen molar-refractivity contribution in [3.8, 4) is 0 Å². The van der Waals surface area contributed by atoms with E-state index in [-0.39, 0.29) is 12.1 Å². The number of rotatable bonds is 5. The van der Waals surface area contributed by atoms with Gasteiger partial charge in [-0.1, -0.05) is 0 Å². The standard InChI is InChI=1S/C19H36N4O3/c1-5-20-16(21-13-19(25)11-6-12-19)22-14-7-9-15(10-8-14)23-17(24)26-18(2,3)4/h14-15,25H,5-13H2,1-4H3,(H,23,24)(H2,20,21,22). The van der Waals surface area contributed by atoms with Gasteiger partial charge in [0.2, 0.25) is 0 Å². The van der Waals surface area contributed by atoms with Crippen molar-refractivity contribution in [1.82, 2.24) is 16.0 Å². The van der Waals surface area contributed by atoms with E-state index in [1.165, 1.54) is 0 Å². The van der Waals surface area contributed by atoms with Crippen LogP contribution in [0.3, 0.4) is 0 Å². The quantitative estimate of drug-likeness (QED) is 0.441. The fraction of sp³-hybridized carbons (Fsp3) is 0.895. The zero-order chi connectivity index (χ0) is 19.2. The molecule has 0 heterocycles. The molecule has 2 fully saturated rings. The van der Waals surface area contributed by atoms with E-state index >= 15 is 0 Å². The lowest BCUT2D eigenvalue weighted by atomic mass is 9.80. The van der Waals surface area contributed by atoms with Crippen molar-refractivity contribution in [3.05, 3.63) is 0 Å². The van der Waals surface area contributed by atoms with Crippen molar-refractivity contribution < 1.29 is 14.6 Å². The van der Waals surface area contributed by atoms with Crippen LogP contribution in [0.15, 0.2) is 4.99 Å². The number of amides is 1. The van der Waals surface area contributed by atoms with Crippen molar-refractivity contribution in [2.24, 2.45) is 4.99 Å². The molecule has 0 bridgehead atoms. The molecule has 0 unspecified atom stereocenters. The molecular formula is C19H36N4O3. The first kappa shape index (κ1) is 20.8. The maximum Gasteiger partial charge on any atom is 0.407 e. The maximum atomic E-state index is 11.9. The Labute approximate surface area is 157 Å². The largest absolute Gasteiger partial charge is 0.444 e. The SMILES string of the molecule is CCNC(=NCC1(O)CCC1)NC1CCC(NC(=O)OC(C)(C)C)CC1. The number of hydrogen-bond acceptors (Lipinski definition) is 4. The van der Waals surface area contributed by atoms with E-state index in [0.29, 0.717) is 12.6 Å². The molecule has 150 valence electrons. The lowest BCUT2D eigenvalue weighted by molar-refractivity contribution is -0.0236. The first-order chi connectivity index (χ1) is 12.2. The second-order valence-corrected chi connectivity index (χ2v) is 8.61. The summed E-state index contributed by atoms with van der Waals surface area (Å²) in [4.78, 5) is 16.4. The number of ether oxygens (including phenoxy) is 1. The second-order valence-electron chi connectivity index (χ2n) is 8.61. The molecule has 4 N–H and O–H groups in total. The predicted molar refractivity (Wildman–Crippen MR) is 103 cm³/mol. The van der Waals surface area contributed by atoms with Gasteiger partial charge in [0.25, 0.3) is 0 Å². The fourth-order valence-electron chi connectivity index (χ4n) is 3.34. The highest BCUT2D eigenvalue weighted by atomic mass is 16.6. The molecule has 2 rings (SSSR count). The number of aliphatic hydroxyl groups is 1. The van der Waals surface area contributed by atoms with Gasteiger partial charge >= 0.3 is 6.09 Å². The van der Waals surface area contributed by atoms with E-state index in [9.17, 15) is 9.90 Å². The third-order valence-corrected chi connectivity index (χ3v) is 4.95. The highest BCUT2D eigenvalue weighted by Gasteiger charge is 2.34. The summed E-state index contributed by atoms with van der Waals surface area (Å²) in [5.74, 6) is 0.774. The van der Waals surface area contributed by atoms with Crippen LogP contribution in [0.4, 0.5) is 4.79 Å². The van der Waals surface area contributed by atoms with Crippen molar-refractivity contribution in [2.45, 2.75) is 95.9 Å². The molecule has 0 spiro atoms. The fourth-order valence-corrected chi connectivity index (χ4v) is 3.34. The van der Waals surface area contributed by atoms with Gasteiger partial charge in [0, 0.05) is 18.6 Å². The molecule has 7 nitrogen and oxygen atoms in total. The molecule has 0 atom stereocenters. The van der Waals surface area contributed by atoms with E-state index in [1.807, 2.05) is 27.7 Å². The van der Waals surface area contributed by atoms with Gasteiger partial charge in [-0.15, -0.1) is 0 Å². The van der Waals surface area contributed by atoms with Crippen LogP contribution >= 0.6 is 0 Å². The molecule has 26 heavy (non-hydrogen) atoms. The smallest absolute Gasteiger partial charge is 0.407 e. The van der Waals surface area contributed by atoms with Crippen LogP contribution in [0.5, 0.6) is 0 Å². The lowest BCUT2D eigenvalue weighted by Crippen LogP contribution is -2.49. The molecule has 0 aliphatic heterocycles. The number of nitrogens with one attached hydrogen (secondary N) is 3. The van der Waals surface area contributed by atoms with Crippen LogP contribution in [0.25, 0.3) is 0 Å². The van der Waals surface area contributed by atoms with Crippen LogP contribution in [-0.2, 0) is 4.74 Å². The van der Waals surface area contributed by atoms with Gasteiger partial charge in [0.1, 0.15) is 5.60 Å². The summed E-state index contributed by atoms with van der Waals surface area (Å²) in [6.45, 7) is 8.90. The lowest BCUT2D eigenvalue weighted by Gasteiger charge is -2.35. The first-order valence-corrected chi connectivity index (χ1v) is 9.96. The van der Waals surface area contributed by atoms with Crippen LogP contribution in [0.1, 0.15) is 72.6 Å². The summed E-state index contributed by atoms with van der Waals surface area (Å²) in [5, 5.41) is 19.9. The average Bonchev–Trinajstić information content (AvgIpc) is 2.51. The minimum atomic E-state index is -0.600. The second kappa shape index (κ2) is 8.93. The molecule has 2 aliphatic carbocycles. The van der Waals surface area contributed by atoms with E-state index in [0.717, 1.165) is 57.5 Å². The van der Waals surface area contributed by atoms with E-state index < -0.39 is 11.2 Å². The Bertz CT molecular complexity index is 490. The normalized spacial score (nSPS) is 25.8. The monoisotopic (exact) mass is 368 g/mol. The Morgan fingerprint density at radius 3 is 2.19 bits per heavy atom. The van der Waals surface area contributed by atoms with Gasteiger partial charge < -0.3 is 25.8 Å². The highest BCUT2D eigenvalue weighted by molar-refractivity contribution is 5.80. The molecule has 7 heteroatoms. The maximum absolute atomic E-state index is 11.9.